The molecule has 12 heteroatoms. The van der Waals surface area contributed by atoms with Crippen molar-refractivity contribution in [3.8, 4) is 11.4 Å². The van der Waals surface area contributed by atoms with Crippen molar-refractivity contribution < 1.29 is 30.9 Å². The minimum absolute atomic E-state index is 0.00501. The first-order valence-corrected chi connectivity index (χ1v) is 8.15. The lowest BCUT2D eigenvalue weighted by atomic mass is 10.1. The lowest BCUT2D eigenvalue weighted by Crippen LogP contribution is -2.08. The molecule has 1 aromatic carbocycles. The second-order valence-electron chi connectivity index (χ2n) is 5.10. The van der Waals surface area contributed by atoms with Gasteiger partial charge in [-0.05, 0) is 18.2 Å². The van der Waals surface area contributed by atoms with Gasteiger partial charge >= 0.3 is 12.4 Å². The summed E-state index contributed by atoms with van der Waals surface area (Å²) in [5.74, 6) is 0.120. The molecular weight excluding hydrogens is 398 g/mol. The van der Waals surface area contributed by atoms with Gasteiger partial charge in [0.05, 0.1) is 11.3 Å². The Labute approximate surface area is 151 Å². The molecular formula is C15H8F6N4OS. The van der Waals surface area contributed by atoms with E-state index in [-0.39, 0.29) is 22.6 Å². The van der Waals surface area contributed by atoms with Crippen molar-refractivity contribution in [2.45, 2.75) is 23.3 Å². The smallest absolute Gasteiger partial charge is 0.338 e. The molecule has 27 heavy (non-hydrogen) atoms. The third-order valence-corrected chi connectivity index (χ3v) is 4.03. The molecule has 0 bridgehead atoms. The average Bonchev–Trinajstić information content (AvgIpc) is 3.08. The Balaban J connectivity index is 1.68. The Kier molecular flexibility index (Phi) is 5.09. The molecule has 2 heterocycles. The maximum atomic E-state index is 12.6. The van der Waals surface area contributed by atoms with Gasteiger partial charge in [0.15, 0.2) is 5.16 Å². The third kappa shape index (κ3) is 4.76. The van der Waals surface area contributed by atoms with Gasteiger partial charge in [-0.1, -0.05) is 29.1 Å². The molecule has 3 rings (SSSR count). The van der Waals surface area contributed by atoms with Crippen molar-refractivity contribution in [3.05, 3.63) is 53.7 Å². The highest BCUT2D eigenvalue weighted by molar-refractivity contribution is 7.98. The third-order valence-electron chi connectivity index (χ3n) is 3.19. The summed E-state index contributed by atoms with van der Waals surface area (Å²) >= 11 is 0.851. The molecule has 0 aliphatic carbocycles. The van der Waals surface area contributed by atoms with Crippen molar-refractivity contribution in [2.75, 3.05) is 0 Å². The topological polar surface area (TPSA) is 64.7 Å². The van der Waals surface area contributed by atoms with E-state index in [1.165, 1.54) is 12.1 Å². The van der Waals surface area contributed by atoms with Crippen molar-refractivity contribution in [3.63, 3.8) is 0 Å². The van der Waals surface area contributed by atoms with Gasteiger partial charge < -0.3 is 4.52 Å². The summed E-state index contributed by atoms with van der Waals surface area (Å²) in [6.07, 6.45) is -8.05. The fourth-order valence-electron chi connectivity index (χ4n) is 1.93. The molecule has 0 aliphatic rings. The molecule has 0 saturated carbocycles. The number of hydrogen-bond acceptors (Lipinski definition) is 6. The van der Waals surface area contributed by atoms with Gasteiger partial charge in [0, 0.05) is 11.8 Å². The van der Waals surface area contributed by atoms with Crippen molar-refractivity contribution in [1.82, 2.24) is 20.1 Å². The predicted octanol–water partition coefficient (Wildman–Crippen LogP) is 4.86. The Morgan fingerprint density at radius 3 is 2.22 bits per heavy atom. The van der Waals surface area contributed by atoms with Gasteiger partial charge in [-0.3, -0.25) is 0 Å². The van der Waals surface area contributed by atoms with Crippen molar-refractivity contribution in [2.24, 2.45) is 0 Å². The fraction of sp³-hybridized carbons (Fsp3) is 0.200. The molecule has 3 aromatic rings. The molecule has 2 aromatic heterocycles. The van der Waals surface area contributed by atoms with E-state index in [1.54, 1.807) is 0 Å². The Hall–Kier alpha value is -2.63. The predicted molar refractivity (Wildman–Crippen MR) is 81.3 cm³/mol. The average molecular weight is 406 g/mol. The number of rotatable bonds is 4. The Morgan fingerprint density at radius 2 is 1.59 bits per heavy atom. The first kappa shape index (κ1) is 19.1. The number of hydrogen-bond donors (Lipinski definition) is 0. The number of aromatic nitrogens is 4. The summed E-state index contributed by atoms with van der Waals surface area (Å²) in [4.78, 5) is 11.1. The summed E-state index contributed by atoms with van der Waals surface area (Å²) < 4.78 is 80.5. The van der Waals surface area contributed by atoms with Crippen LogP contribution in [0.3, 0.4) is 0 Å². The minimum Gasteiger partial charge on any atom is -0.338 e. The Morgan fingerprint density at radius 1 is 0.889 bits per heavy atom. The van der Waals surface area contributed by atoms with Crippen LogP contribution >= 0.6 is 11.8 Å². The highest BCUT2D eigenvalue weighted by atomic mass is 32.2. The summed E-state index contributed by atoms with van der Waals surface area (Å²) in [5, 5.41) is 3.52. The van der Waals surface area contributed by atoms with Crippen LogP contribution in [0.2, 0.25) is 0 Å². The minimum atomic E-state index is -4.58. The number of thioether (sulfide) groups is 1. The second kappa shape index (κ2) is 7.18. The number of alkyl halides is 6. The van der Waals surface area contributed by atoms with Crippen LogP contribution in [0.5, 0.6) is 0 Å². The molecule has 5 nitrogen and oxygen atoms in total. The van der Waals surface area contributed by atoms with Gasteiger partial charge in [0.1, 0.15) is 5.69 Å². The molecule has 0 saturated heterocycles. The van der Waals surface area contributed by atoms with Gasteiger partial charge in [-0.25, -0.2) is 9.97 Å². The van der Waals surface area contributed by atoms with E-state index in [0.29, 0.717) is 5.56 Å². The molecule has 0 amide bonds. The maximum absolute atomic E-state index is 12.6. The van der Waals surface area contributed by atoms with Gasteiger partial charge in [-0.2, -0.15) is 31.3 Å². The van der Waals surface area contributed by atoms with Crippen LogP contribution in [0.4, 0.5) is 26.3 Å². The fourth-order valence-corrected chi connectivity index (χ4v) is 2.60. The molecule has 0 fully saturated rings. The van der Waals surface area contributed by atoms with E-state index in [4.69, 9.17) is 4.52 Å². The van der Waals surface area contributed by atoms with E-state index in [9.17, 15) is 26.3 Å². The van der Waals surface area contributed by atoms with E-state index in [0.717, 1.165) is 36.2 Å². The molecule has 0 spiro atoms. The van der Waals surface area contributed by atoms with Gasteiger partial charge in [-0.15, -0.1) is 0 Å². The van der Waals surface area contributed by atoms with Gasteiger partial charge in [0.25, 0.3) is 0 Å². The second-order valence-corrected chi connectivity index (χ2v) is 6.04. The van der Waals surface area contributed by atoms with Crippen LogP contribution in [0.15, 0.2) is 46.2 Å². The van der Waals surface area contributed by atoms with Crippen LogP contribution in [0, 0.1) is 0 Å². The SMILES string of the molecule is FC(F)(F)c1ccc(-c2noc(CSc3nccc(C(F)(F)F)n3)n2)cc1. The van der Waals surface area contributed by atoms with E-state index in [1.807, 2.05) is 0 Å². The normalized spacial score (nSPS) is 12.4. The molecule has 0 atom stereocenters. The molecule has 0 aliphatic heterocycles. The summed E-state index contributed by atoms with van der Waals surface area (Å²) in [6.45, 7) is 0. The standard InChI is InChI=1S/C15H8F6N4OS/c16-14(17,18)9-3-1-8(2-4-9)12-24-11(26-25-12)7-27-13-22-6-5-10(23-13)15(19,20)21/h1-6H,7H2. The first-order valence-electron chi connectivity index (χ1n) is 7.16. The van der Waals surface area contributed by atoms with Crippen LogP contribution < -0.4 is 0 Å². The van der Waals surface area contributed by atoms with Crippen LogP contribution in [0.1, 0.15) is 17.1 Å². The zero-order chi connectivity index (χ0) is 19.7. The molecule has 0 unspecified atom stereocenters. The summed E-state index contributed by atoms with van der Waals surface area (Å²) in [5.41, 5.74) is -1.58. The monoisotopic (exact) mass is 406 g/mol. The summed E-state index contributed by atoms with van der Waals surface area (Å²) in [7, 11) is 0. The highest BCUT2D eigenvalue weighted by Crippen LogP contribution is 2.31. The van der Waals surface area contributed by atoms with Gasteiger partial charge in [0.2, 0.25) is 11.7 Å². The lowest BCUT2D eigenvalue weighted by Gasteiger charge is -2.06. The Bertz CT molecular complexity index is 923. The first-order chi connectivity index (χ1) is 12.6. The zero-order valence-electron chi connectivity index (χ0n) is 13.0. The zero-order valence-corrected chi connectivity index (χ0v) is 13.9. The number of halogens is 6. The molecule has 0 radical (unpaired) electrons. The molecule has 142 valence electrons. The number of nitrogens with zero attached hydrogens (tertiary/aromatic N) is 4. The van der Waals surface area contributed by atoms with Crippen LogP contribution in [0.25, 0.3) is 11.4 Å². The summed E-state index contributed by atoms with van der Waals surface area (Å²) in [6, 6.07) is 4.91. The highest BCUT2D eigenvalue weighted by Gasteiger charge is 2.33. The van der Waals surface area contributed by atoms with E-state index in [2.05, 4.69) is 20.1 Å². The van der Waals surface area contributed by atoms with Crippen molar-refractivity contribution in [1.29, 1.82) is 0 Å². The van der Waals surface area contributed by atoms with E-state index >= 15 is 0 Å². The quantitative estimate of drug-likeness (QED) is 0.350. The van der Waals surface area contributed by atoms with Crippen LogP contribution in [-0.4, -0.2) is 20.1 Å². The maximum Gasteiger partial charge on any atom is 0.433 e. The van der Waals surface area contributed by atoms with E-state index < -0.39 is 23.6 Å². The van der Waals surface area contributed by atoms with Crippen molar-refractivity contribution >= 4 is 11.8 Å². The number of benzene rings is 1. The van der Waals surface area contributed by atoms with Crippen LogP contribution in [-0.2, 0) is 18.1 Å². The lowest BCUT2D eigenvalue weighted by molar-refractivity contribution is -0.141. The molecule has 0 N–H and O–H groups in total. The largest absolute Gasteiger partial charge is 0.433 e.